The van der Waals surface area contributed by atoms with Crippen molar-refractivity contribution in [3.05, 3.63) is 0 Å². The average Bonchev–Trinajstić information content (AvgIpc) is 2.30. The summed E-state index contributed by atoms with van der Waals surface area (Å²) in [6.07, 6.45) is 5.54. The van der Waals surface area contributed by atoms with Gasteiger partial charge in [0.05, 0.1) is 6.07 Å². The predicted molar refractivity (Wildman–Crippen MR) is 78.1 cm³/mol. The average molecular weight is 246 g/mol. The Hall–Kier alpha value is -0.590. The van der Waals surface area contributed by atoms with Crippen LogP contribution in [0.15, 0.2) is 0 Å². The molecule has 0 radical (unpaired) electrons. The lowest BCUT2D eigenvalue weighted by Crippen LogP contribution is -2.09. The van der Waals surface area contributed by atoms with Crippen molar-refractivity contribution < 1.29 is 5.11 Å². The van der Waals surface area contributed by atoms with Crippen LogP contribution in [0.4, 0.5) is 0 Å². The third-order valence-electron chi connectivity index (χ3n) is 1.46. The molecule has 3 heteroatoms. The van der Waals surface area contributed by atoms with Crippen molar-refractivity contribution in [2.24, 2.45) is 0 Å². The van der Waals surface area contributed by atoms with Gasteiger partial charge < -0.3 is 10.4 Å². The van der Waals surface area contributed by atoms with Crippen molar-refractivity contribution >= 4 is 0 Å². The predicted octanol–water partition coefficient (Wildman–Crippen LogP) is 3.73. The summed E-state index contributed by atoms with van der Waals surface area (Å²) in [6.45, 7) is 14.2. The topological polar surface area (TPSA) is 56.0 Å². The number of nitrogens with zero attached hydrogens (tertiary/aromatic N) is 1. The van der Waals surface area contributed by atoms with E-state index in [2.05, 4.69) is 33.0 Å². The maximum absolute atomic E-state index is 7.57. The van der Waals surface area contributed by atoms with E-state index in [1.165, 1.54) is 32.6 Å². The molecule has 0 aromatic heterocycles. The monoisotopic (exact) mass is 246 g/mol. The van der Waals surface area contributed by atoms with Gasteiger partial charge in [-0.15, -0.1) is 0 Å². The van der Waals surface area contributed by atoms with E-state index in [-0.39, 0.29) is 6.61 Å². The van der Waals surface area contributed by atoms with Gasteiger partial charge >= 0.3 is 0 Å². The van der Waals surface area contributed by atoms with Crippen molar-refractivity contribution in [3.8, 4) is 6.07 Å². The summed E-state index contributed by atoms with van der Waals surface area (Å²) in [5.74, 6) is 0. The van der Waals surface area contributed by atoms with Crippen LogP contribution in [0.3, 0.4) is 0 Å². The third-order valence-corrected chi connectivity index (χ3v) is 1.46. The first kappa shape index (κ1) is 25.3. The molecule has 0 aliphatic carbocycles. The molecule has 0 amide bonds. The van der Waals surface area contributed by atoms with Crippen molar-refractivity contribution in [3.63, 3.8) is 0 Å². The molecule has 0 aliphatic heterocycles. The third kappa shape index (κ3) is 142. The maximum atomic E-state index is 7.57. The standard InChI is InChI=1S/C6H14.C4H11N.C2H3N.C2H6O/c1-3-5-6-4-2;1-3-5-4-2;2*1-2-3/h3-6H2,1-2H3;5H,3-4H2,1-2H3;1H3;3H,2H2,1H3. The van der Waals surface area contributed by atoms with Gasteiger partial charge in [-0.05, 0) is 20.0 Å². The molecule has 0 unspecified atom stereocenters. The minimum absolute atomic E-state index is 0.250. The first-order valence-corrected chi connectivity index (χ1v) is 6.78. The molecule has 0 rings (SSSR count). The summed E-state index contributed by atoms with van der Waals surface area (Å²) in [5.41, 5.74) is 0. The Kier molecular flexibility index (Phi) is 67.3. The normalized spacial score (nSPS) is 7.18. The molecular formula is C14H34N2O. The highest BCUT2D eigenvalue weighted by Gasteiger charge is 1.75. The van der Waals surface area contributed by atoms with E-state index in [0.29, 0.717) is 0 Å². The fourth-order valence-electron chi connectivity index (χ4n) is 0.750. The van der Waals surface area contributed by atoms with E-state index in [9.17, 15) is 0 Å². The van der Waals surface area contributed by atoms with E-state index < -0.39 is 0 Å². The van der Waals surface area contributed by atoms with Gasteiger partial charge in [0, 0.05) is 13.5 Å². The molecule has 106 valence electrons. The van der Waals surface area contributed by atoms with Crippen molar-refractivity contribution in [1.29, 1.82) is 5.26 Å². The fourth-order valence-corrected chi connectivity index (χ4v) is 0.750. The zero-order chi connectivity index (χ0) is 14.4. The molecule has 17 heavy (non-hydrogen) atoms. The molecule has 3 nitrogen and oxygen atoms in total. The molecule has 0 atom stereocenters. The number of hydrogen-bond donors (Lipinski definition) is 2. The maximum Gasteiger partial charge on any atom is 0.0587 e. The summed E-state index contributed by atoms with van der Waals surface area (Å²) < 4.78 is 0. The molecular weight excluding hydrogens is 212 g/mol. The number of hydrogen-bond acceptors (Lipinski definition) is 3. The summed E-state index contributed by atoms with van der Waals surface area (Å²) >= 11 is 0. The minimum atomic E-state index is 0.250. The van der Waals surface area contributed by atoms with Gasteiger partial charge in [-0.2, -0.15) is 5.26 Å². The van der Waals surface area contributed by atoms with Gasteiger partial charge in [-0.1, -0.05) is 53.4 Å². The summed E-state index contributed by atoms with van der Waals surface area (Å²) in [4.78, 5) is 0. The second kappa shape index (κ2) is 45.2. The van der Waals surface area contributed by atoms with E-state index in [1.807, 2.05) is 0 Å². The Morgan fingerprint density at radius 3 is 1.24 bits per heavy atom. The molecule has 0 aliphatic rings. The summed E-state index contributed by atoms with van der Waals surface area (Å²) in [6, 6.07) is 1.75. The van der Waals surface area contributed by atoms with Crippen LogP contribution >= 0.6 is 0 Å². The Morgan fingerprint density at radius 1 is 0.941 bits per heavy atom. The van der Waals surface area contributed by atoms with Crippen LogP contribution in [-0.2, 0) is 0 Å². The Bertz CT molecular complexity index is 105. The number of aliphatic hydroxyl groups excluding tert-OH is 1. The fraction of sp³-hybridized carbons (Fsp3) is 0.929. The first-order valence-electron chi connectivity index (χ1n) is 6.78. The summed E-state index contributed by atoms with van der Waals surface area (Å²) in [5, 5.41) is 18.0. The van der Waals surface area contributed by atoms with Crippen LogP contribution in [0.25, 0.3) is 0 Å². The molecule has 0 bridgehead atoms. The lowest BCUT2D eigenvalue weighted by molar-refractivity contribution is 0.318. The molecule has 0 saturated carbocycles. The van der Waals surface area contributed by atoms with Gasteiger partial charge in [0.15, 0.2) is 0 Å². The molecule has 0 aromatic carbocycles. The van der Waals surface area contributed by atoms with Gasteiger partial charge in [0.25, 0.3) is 0 Å². The van der Waals surface area contributed by atoms with E-state index in [1.54, 1.807) is 13.0 Å². The Labute approximate surface area is 109 Å². The highest BCUT2D eigenvalue weighted by Crippen LogP contribution is 1.95. The number of rotatable bonds is 5. The first-order chi connectivity index (χ1) is 8.16. The van der Waals surface area contributed by atoms with Gasteiger partial charge in [-0.25, -0.2) is 0 Å². The second-order valence-electron chi connectivity index (χ2n) is 3.20. The number of nitriles is 1. The van der Waals surface area contributed by atoms with Crippen molar-refractivity contribution in [1.82, 2.24) is 5.32 Å². The molecule has 0 aromatic rings. The number of aliphatic hydroxyl groups is 1. The molecule has 0 fully saturated rings. The Balaban J connectivity index is -0.0000000698. The van der Waals surface area contributed by atoms with Crippen molar-refractivity contribution in [2.45, 2.75) is 67.2 Å². The van der Waals surface area contributed by atoms with Gasteiger partial charge in [0.2, 0.25) is 0 Å². The molecule has 2 N–H and O–H groups in total. The minimum Gasteiger partial charge on any atom is -0.397 e. The van der Waals surface area contributed by atoms with Gasteiger partial charge in [0.1, 0.15) is 0 Å². The van der Waals surface area contributed by atoms with E-state index >= 15 is 0 Å². The lowest BCUT2D eigenvalue weighted by atomic mass is 10.2. The summed E-state index contributed by atoms with van der Waals surface area (Å²) in [7, 11) is 0. The quantitative estimate of drug-likeness (QED) is 0.727. The van der Waals surface area contributed by atoms with Crippen LogP contribution in [-0.4, -0.2) is 24.8 Å². The molecule has 0 saturated heterocycles. The number of unbranched alkanes of at least 4 members (excludes halogenated alkanes) is 3. The van der Waals surface area contributed by atoms with Crippen LogP contribution in [0.2, 0.25) is 0 Å². The van der Waals surface area contributed by atoms with Crippen LogP contribution in [0, 0.1) is 11.3 Å². The zero-order valence-electron chi connectivity index (χ0n) is 12.8. The molecule has 0 heterocycles. The highest BCUT2D eigenvalue weighted by molar-refractivity contribution is 4.51. The number of nitrogens with one attached hydrogen (secondary N) is 1. The van der Waals surface area contributed by atoms with Gasteiger partial charge in [-0.3, -0.25) is 0 Å². The second-order valence-corrected chi connectivity index (χ2v) is 3.20. The van der Waals surface area contributed by atoms with Crippen LogP contribution in [0.1, 0.15) is 67.2 Å². The van der Waals surface area contributed by atoms with Crippen LogP contribution in [0.5, 0.6) is 0 Å². The SMILES string of the molecule is CC#N.CCCCCC.CCNCC.CCO. The highest BCUT2D eigenvalue weighted by atomic mass is 16.2. The van der Waals surface area contributed by atoms with Crippen molar-refractivity contribution in [2.75, 3.05) is 19.7 Å². The van der Waals surface area contributed by atoms with Crippen LogP contribution < -0.4 is 5.32 Å². The molecule has 0 spiro atoms. The van der Waals surface area contributed by atoms with E-state index in [0.717, 1.165) is 13.1 Å². The zero-order valence-corrected chi connectivity index (χ0v) is 12.8. The largest absolute Gasteiger partial charge is 0.397 e. The lowest BCUT2D eigenvalue weighted by Gasteiger charge is -1.86. The smallest absolute Gasteiger partial charge is 0.0587 e. The Morgan fingerprint density at radius 2 is 1.18 bits per heavy atom. The van der Waals surface area contributed by atoms with E-state index in [4.69, 9.17) is 10.4 Å².